The molecule has 0 aliphatic rings. The van der Waals surface area contributed by atoms with Crippen LogP contribution in [0.3, 0.4) is 0 Å². The van der Waals surface area contributed by atoms with Crippen molar-refractivity contribution in [1.29, 1.82) is 0 Å². The van der Waals surface area contributed by atoms with Gasteiger partial charge in [-0.1, -0.05) is 0 Å². The average molecular weight is 181 g/mol. The summed E-state index contributed by atoms with van der Waals surface area (Å²) >= 11 is 0. The molecule has 0 spiro atoms. The Hall–Kier alpha value is -1.78. The molecule has 0 aliphatic carbocycles. The van der Waals surface area contributed by atoms with E-state index in [0.29, 0.717) is 12.4 Å². The number of carboxylic acid groups (broad SMARTS) is 1. The summed E-state index contributed by atoms with van der Waals surface area (Å²) in [5, 5.41) is 11.3. The van der Waals surface area contributed by atoms with Crippen LogP contribution >= 0.6 is 0 Å². The molecule has 5 nitrogen and oxygen atoms in total. The van der Waals surface area contributed by atoms with E-state index in [1.54, 1.807) is 18.3 Å². The maximum absolute atomic E-state index is 10.2. The fourth-order valence-corrected chi connectivity index (χ4v) is 0.824. The van der Waals surface area contributed by atoms with Gasteiger partial charge in [-0.2, -0.15) is 0 Å². The summed E-state index contributed by atoms with van der Waals surface area (Å²) in [6, 6.07) is 3.41. The number of aromatic nitrogens is 1. The lowest BCUT2D eigenvalue weighted by Gasteiger charge is -2.03. The van der Waals surface area contributed by atoms with Crippen molar-refractivity contribution in [2.24, 2.45) is 0 Å². The normalized spacial score (nSPS) is 9.54. The molecule has 1 aromatic heterocycles. The van der Waals surface area contributed by atoms with Gasteiger partial charge in [0.25, 0.3) is 0 Å². The number of nitrogens with one attached hydrogen (secondary N) is 1. The Morgan fingerprint density at radius 3 is 2.92 bits per heavy atom. The fraction of sp³-hybridized carbons (Fsp3) is 0.250. The van der Waals surface area contributed by atoms with Gasteiger partial charge in [-0.05, 0) is 12.1 Å². The van der Waals surface area contributed by atoms with Gasteiger partial charge in [0, 0.05) is 6.54 Å². The molecule has 0 saturated carbocycles. The number of nitrogens with zero attached hydrogens (tertiary/aromatic N) is 1. The molecule has 0 aliphatic heterocycles. The van der Waals surface area contributed by atoms with Gasteiger partial charge in [0.05, 0.1) is 18.3 Å². The second kappa shape index (κ2) is 4.30. The molecule has 0 fully saturated rings. The highest BCUT2D eigenvalue weighted by molar-refractivity contribution is 5.67. The number of nitrogen functional groups attached to an aromatic ring is 1. The van der Waals surface area contributed by atoms with Gasteiger partial charge in [-0.15, -0.1) is 0 Å². The number of hydrogen-bond donors (Lipinski definition) is 3. The van der Waals surface area contributed by atoms with E-state index in [1.807, 2.05) is 0 Å². The molecule has 0 saturated heterocycles. The lowest BCUT2D eigenvalue weighted by Crippen LogP contribution is -2.07. The van der Waals surface area contributed by atoms with Gasteiger partial charge in [0.15, 0.2) is 0 Å². The third-order valence-corrected chi connectivity index (χ3v) is 1.45. The van der Waals surface area contributed by atoms with Crippen LogP contribution in [0.15, 0.2) is 18.3 Å². The Kier molecular flexibility index (Phi) is 3.08. The van der Waals surface area contributed by atoms with Crippen LogP contribution in [-0.2, 0) is 4.79 Å². The number of anilines is 2. The largest absolute Gasteiger partial charge is 0.481 e. The average Bonchev–Trinajstić information content (AvgIpc) is 2.08. The Bertz CT molecular complexity index is 284. The summed E-state index contributed by atoms with van der Waals surface area (Å²) in [6.45, 7) is 0.390. The summed E-state index contributed by atoms with van der Waals surface area (Å²) in [6.07, 6.45) is 1.65. The van der Waals surface area contributed by atoms with E-state index in [0.717, 1.165) is 5.69 Å². The number of pyridine rings is 1. The van der Waals surface area contributed by atoms with Crippen molar-refractivity contribution in [1.82, 2.24) is 4.98 Å². The minimum Gasteiger partial charge on any atom is -0.481 e. The first-order chi connectivity index (χ1) is 6.18. The van der Waals surface area contributed by atoms with Crippen LogP contribution in [0.2, 0.25) is 0 Å². The Morgan fingerprint density at radius 1 is 1.62 bits per heavy atom. The second-order valence-corrected chi connectivity index (χ2v) is 2.54. The maximum atomic E-state index is 10.2. The number of rotatable bonds is 4. The minimum atomic E-state index is -0.823. The van der Waals surface area contributed by atoms with Crippen molar-refractivity contribution in [3.63, 3.8) is 0 Å². The molecule has 0 amide bonds. The van der Waals surface area contributed by atoms with Crippen LogP contribution in [0.1, 0.15) is 6.42 Å². The smallest absolute Gasteiger partial charge is 0.305 e. The van der Waals surface area contributed by atoms with Crippen LogP contribution in [0.5, 0.6) is 0 Å². The van der Waals surface area contributed by atoms with Gasteiger partial charge in [0.2, 0.25) is 0 Å². The lowest BCUT2D eigenvalue weighted by molar-refractivity contribution is -0.136. The monoisotopic (exact) mass is 181 g/mol. The van der Waals surface area contributed by atoms with Crippen molar-refractivity contribution in [2.75, 3.05) is 17.6 Å². The molecule has 13 heavy (non-hydrogen) atoms. The lowest BCUT2D eigenvalue weighted by atomic mass is 10.3. The molecule has 70 valence electrons. The first kappa shape index (κ1) is 9.31. The van der Waals surface area contributed by atoms with E-state index in [9.17, 15) is 4.79 Å². The van der Waals surface area contributed by atoms with Crippen molar-refractivity contribution >= 4 is 17.5 Å². The summed E-state index contributed by atoms with van der Waals surface area (Å²) in [7, 11) is 0. The molecule has 1 aromatic rings. The van der Waals surface area contributed by atoms with E-state index < -0.39 is 5.97 Å². The van der Waals surface area contributed by atoms with Crippen molar-refractivity contribution in [2.45, 2.75) is 6.42 Å². The number of hydrogen-bond acceptors (Lipinski definition) is 4. The van der Waals surface area contributed by atoms with Gasteiger partial charge < -0.3 is 16.2 Å². The Labute approximate surface area is 75.6 Å². The molecule has 1 rings (SSSR count). The van der Waals surface area contributed by atoms with Crippen LogP contribution in [-0.4, -0.2) is 22.6 Å². The van der Waals surface area contributed by atoms with Crippen LogP contribution in [0.4, 0.5) is 11.5 Å². The van der Waals surface area contributed by atoms with Crippen molar-refractivity contribution in [3.8, 4) is 0 Å². The standard InChI is InChI=1S/C8H11N3O2/c9-7-2-1-6(5-11-7)10-4-3-8(12)13/h1-2,5,10H,3-4H2,(H2,9,11)(H,12,13). The maximum Gasteiger partial charge on any atom is 0.305 e. The molecule has 4 N–H and O–H groups in total. The summed E-state index contributed by atoms with van der Waals surface area (Å²) in [5.41, 5.74) is 6.14. The van der Waals surface area contributed by atoms with Gasteiger partial charge in [0.1, 0.15) is 5.82 Å². The molecule has 1 heterocycles. The topological polar surface area (TPSA) is 88.2 Å². The summed E-state index contributed by atoms with van der Waals surface area (Å²) in [5.74, 6) is -0.375. The summed E-state index contributed by atoms with van der Waals surface area (Å²) in [4.78, 5) is 14.0. The molecule has 0 radical (unpaired) electrons. The van der Waals surface area contributed by atoms with Crippen LogP contribution in [0, 0.1) is 0 Å². The van der Waals surface area contributed by atoms with Crippen molar-refractivity contribution < 1.29 is 9.90 Å². The number of aliphatic carboxylic acids is 1. The minimum absolute atomic E-state index is 0.0877. The first-order valence-electron chi connectivity index (χ1n) is 3.85. The molecule has 0 atom stereocenters. The van der Waals surface area contributed by atoms with Gasteiger partial charge >= 0.3 is 5.97 Å². The SMILES string of the molecule is Nc1ccc(NCCC(=O)O)cn1. The highest BCUT2D eigenvalue weighted by atomic mass is 16.4. The quantitative estimate of drug-likeness (QED) is 0.631. The molecular weight excluding hydrogens is 170 g/mol. The van der Waals surface area contributed by atoms with Crippen molar-refractivity contribution in [3.05, 3.63) is 18.3 Å². The number of carbonyl (C=O) groups is 1. The van der Waals surface area contributed by atoms with E-state index in [-0.39, 0.29) is 6.42 Å². The van der Waals surface area contributed by atoms with E-state index in [2.05, 4.69) is 10.3 Å². The third kappa shape index (κ3) is 3.42. The van der Waals surface area contributed by atoms with Crippen LogP contribution in [0.25, 0.3) is 0 Å². The highest BCUT2D eigenvalue weighted by Gasteiger charge is 1.96. The second-order valence-electron chi connectivity index (χ2n) is 2.54. The van der Waals surface area contributed by atoms with E-state index in [4.69, 9.17) is 10.8 Å². The van der Waals surface area contributed by atoms with Crippen LogP contribution < -0.4 is 11.1 Å². The van der Waals surface area contributed by atoms with E-state index >= 15 is 0 Å². The molecule has 5 heteroatoms. The molecule has 0 unspecified atom stereocenters. The Morgan fingerprint density at radius 2 is 2.38 bits per heavy atom. The zero-order valence-corrected chi connectivity index (χ0v) is 7.03. The third-order valence-electron chi connectivity index (χ3n) is 1.45. The number of nitrogens with two attached hydrogens (primary N) is 1. The van der Waals surface area contributed by atoms with Gasteiger partial charge in [-0.25, -0.2) is 4.98 Å². The highest BCUT2D eigenvalue weighted by Crippen LogP contribution is 2.06. The van der Waals surface area contributed by atoms with Gasteiger partial charge in [-0.3, -0.25) is 4.79 Å². The zero-order valence-electron chi connectivity index (χ0n) is 7.03. The zero-order chi connectivity index (χ0) is 9.68. The van der Waals surface area contributed by atoms with E-state index in [1.165, 1.54) is 0 Å². The predicted octanol–water partition coefficient (Wildman–Crippen LogP) is 0.550. The molecular formula is C8H11N3O2. The molecule has 0 bridgehead atoms. The fourth-order valence-electron chi connectivity index (χ4n) is 0.824. The predicted molar refractivity (Wildman–Crippen MR) is 49.4 cm³/mol. The molecule has 0 aromatic carbocycles. The first-order valence-corrected chi connectivity index (χ1v) is 3.85. The Balaban J connectivity index is 2.37. The number of carboxylic acids is 1. The summed E-state index contributed by atoms with van der Waals surface area (Å²) < 4.78 is 0.